The van der Waals surface area contributed by atoms with Crippen LogP contribution >= 0.6 is 11.3 Å². The van der Waals surface area contributed by atoms with Gasteiger partial charge in [-0.3, -0.25) is 4.79 Å². The van der Waals surface area contributed by atoms with Crippen LogP contribution < -0.4 is 14.8 Å². The highest BCUT2D eigenvalue weighted by Gasteiger charge is 2.27. The normalized spacial score (nSPS) is 12.8. The topological polar surface area (TPSA) is 97.4 Å². The zero-order chi connectivity index (χ0) is 18.4. The number of amides is 1. The van der Waals surface area contributed by atoms with Crippen molar-refractivity contribution in [1.82, 2.24) is 9.71 Å². The number of thiazole rings is 1. The Morgan fingerprint density at radius 3 is 2.48 bits per heavy atom. The fraction of sp³-hybridized carbons (Fsp3) is 0.375. The largest absolute Gasteiger partial charge is 0.497 e. The molecule has 1 atom stereocenters. The molecule has 0 fully saturated rings. The average molecular weight is 383 g/mol. The van der Waals surface area contributed by atoms with E-state index in [1.165, 1.54) is 30.6 Å². The third-order valence-corrected chi connectivity index (χ3v) is 5.53. The molecule has 1 heterocycles. The molecule has 1 amide bonds. The Morgan fingerprint density at radius 2 is 1.96 bits per heavy atom. The lowest BCUT2D eigenvalue weighted by atomic mass is 10.0. The van der Waals surface area contributed by atoms with Crippen molar-refractivity contribution in [3.63, 3.8) is 0 Å². The lowest BCUT2D eigenvalue weighted by Gasteiger charge is -2.19. The number of carbonyl (C=O) groups excluding carboxylic acids is 1. The molecule has 1 aromatic carbocycles. The minimum atomic E-state index is -3.84. The van der Waals surface area contributed by atoms with Gasteiger partial charge in [0.25, 0.3) is 0 Å². The zero-order valence-corrected chi connectivity index (χ0v) is 15.9. The lowest BCUT2D eigenvalue weighted by Crippen LogP contribution is -2.44. The number of benzene rings is 1. The lowest BCUT2D eigenvalue weighted by molar-refractivity contribution is -0.118. The molecular weight excluding hydrogens is 362 g/mol. The van der Waals surface area contributed by atoms with Crippen LogP contribution in [0.2, 0.25) is 0 Å². The van der Waals surface area contributed by atoms with Crippen LogP contribution in [0, 0.1) is 5.92 Å². The van der Waals surface area contributed by atoms with E-state index < -0.39 is 22.0 Å². The summed E-state index contributed by atoms with van der Waals surface area (Å²) in [5.41, 5.74) is 0. The third kappa shape index (κ3) is 5.52. The van der Waals surface area contributed by atoms with Gasteiger partial charge < -0.3 is 10.1 Å². The molecule has 0 radical (unpaired) electrons. The minimum absolute atomic E-state index is 0.0732. The first kappa shape index (κ1) is 19.4. The first-order chi connectivity index (χ1) is 11.8. The standard InChI is InChI=1S/C16H21N3O4S2/c1-11(2)10-14(15(20)18-16-17-8-9-24-16)19-25(21,22)13-6-4-12(23-3)5-7-13/h4-9,11,14,19H,10H2,1-3H3,(H,17,18,20)/t14-/m1/s1. The van der Waals surface area contributed by atoms with E-state index in [0.29, 0.717) is 17.3 Å². The highest BCUT2D eigenvalue weighted by Crippen LogP contribution is 2.18. The predicted molar refractivity (Wildman–Crippen MR) is 97.3 cm³/mol. The van der Waals surface area contributed by atoms with Crippen LogP contribution in [0.1, 0.15) is 20.3 Å². The SMILES string of the molecule is COc1ccc(S(=O)(=O)N[C@H](CC(C)C)C(=O)Nc2nccs2)cc1. The molecule has 2 aromatic rings. The Bertz CT molecular complexity index is 787. The first-order valence-electron chi connectivity index (χ1n) is 7.68. The number of hydrogen-bond donors (Lipinski definition) is 2. The van der Waals surface area contributed by atoms with E-state index in [9.17, 15) is 13.2 Å². The second-order valence-electron chi connectivity index (χ2n) is 5.81. The van der Waals surface area contributed by atoms with Gasteiger partial charge in [-0.05, 0) is 36.6 Å². The number of nitrogens with one attached hydrogen (secondary N) is 2. The van der Waals surface area contributed by atoms with Crippen LogP contribution in [-0.4, -0.2) is 32.5 Å². The number of methoxy groups -OCH3 is 1. The number of nitrogens with zero attached hydrogens (tertiary/aromatic N) is 1. The summed E-state index contributed by atoms with van der Waals surface area (Å²) in [5, 5.41) is 4.80. The maximum atomic E-state index is 12.6. The van der Waals surface area contributed by atoms with Crippen molar-refractivity contribution in [2.75, 3.05) is 12.4 Å². The van der Waals surface area contributed by atoms with E-state index in [0.717, 1.165) is 0 Å². The number of sulfonamides is 1. The summed E-state index contributed by atoms with van der Waals surface area (Å²) in [4.78, 5) is 16.5. The molecule has 0 aliphatic heterocycles. The number of ether oxygens (including phenoxy) is 1. The molecule has 9 heteroatoms. The zero-order valence-electron chi connectivity index (χ0n) is 14.2. The van der Waals surface area contributed by atoms with Gasteiger partial charge in [0.2, 0.25) is 15.9 Å². The fourth-order valence-electron chi connectivity index (χ4n) is 2.17. The summed E-state index contributed by atoms with van der Waals surface area (Å²) in [6.07, 6.45) is 1.94. The highest BCUT2D eigenvalue weighted by atomic mass is 32.2. The molecular formula is C16H21N3O4S2. The Balaban J connectivity index is 2.17. The van der Waals surface area contributed by atoms with E-state index in [-0.39, 0.29) is 10.8 Å². The van der Waals surface area contributed by atoms with E-state index in [1.807, 2.05) is 13.8 Å². The van der Waals surface area contributed by atoms with Crippen molar-refractivity contribution >= 4 is 32.4 Å². The van der Waals surface area contributed by atoms with Gasteiger partial charge in [0.15, 0.2) is 5.13 Å². The van der Waals surface area contributed by atoms with Crippen molar-refractivity contribution < 1.29 is 17.9 Å². The highest BCUT2D eigenvalue weighted by molar-refractivity contribution is 7.89. The Kier molecular flexibility index (Phi) is 6.51. The van der Waals surface area contributed by atoms with Crippen LogP contribution in [0.5, 0.6) is 5.75 Å². The Hall–Kier alpha value is -1.97. The quantitative estimate of drug-likeness (QED) is 0.730. The van der Waals surface area contributed by atoms with Gasteiger partial charge in [0.1, 0.15) is 11.8 Å². The van der Waals surface area contributed by atoms with Crippen LogP contribution in [0.25, 0.3) is 0 Å². The average Bonchev–Trinajstić information content (AvgIpc) is 3.06. The maximum absolute atomic E-state index is 12.6. The summed E-state index contributed by atoms with van der Waals surface area (Å²) >= 11 is 1.27. The van der Waals surface area contributed by atoms with Crippen LogP contribution in [0.3, 0.4) is 0 Å². The smallest absolute Gasteiger partial charge is 0.244 e. The second-order valence-corrected chi connectivity index (χ2v) is 8.41. The summed E-state index contributed by atoms with van der Waals surface area (Å²) in [6.45, 7) is 3.84. The number of rotatable bonds is 8. The van der Waals surface area contributed by atoms with E-state index in [1.54, 1.807) is 23.7 Å². The molecule has 2 rings (SSSR count). The van der Waals surface area contributed by atoms with Gasteiger partial charge in [0.05, 0.1) is 12.0 Å². The minimum Gasteiger partial charge on any atom is -0.497 e. The molecule has 0 saturated carbocycles. The van der Waals surface area contributed by atoms with E-state index in [4.69, 9.17) is 4.74 Å². The molecule has 0 spiro atoms. The summed E-state index contributed by atoms with van der Waals surface area (Å²) in [5.74, 6) is 0.255. The summed E-state index contributed by atoms with van der Waals surface area (Å²) < 4.78 is 32.7. The molecule has 136 valence electrons. The van der Waals surface area contributed by atoms with Crippen molar-refractivity contribution in [3.8, 4) is 5.75 Å². The van der Waals surface area contributed by atoms with Crippen molar-refractivity contribution in [3.05, 3.63) is 35.8 Å². The molecule has 0 aliphatic rings. The molecule has 7 nitrogen and oxygen atoms in total. The van der Waals surface area contributed by atoms with Crippen molar-refractivity contribution in [2.45, 2.75) is 31.2 Å². The molecule has 25 heavy (non-hydrogen) atoms. The molecule has 1 aromatic heterocycles. The fourth-order valence-corrected chi connectivity index (χ4v) is 3.91. The molecule has 0 saturated heterocycles. The number of carbonyl (C=O) groups is 1. The molecule has 2 N–H and O–H groups in total. The van der Waals surface area contributed by atoms with Crippen molar-refractivity contribution in [2.24, 2.45) is 5.92 Å². The van der Waals surface area contributed by atoms with E-state index >= 15 is 0 Å². The number of anilines is 1. The second kappa shape index (κ2) is 8.41. The Morgan fingerprint density at radius 1 is 1.28 bits per heavy atom. The van der Waals surface area contributed by atoms with Crippen LogP contribution in [0.4, 0.5) is 5.13 Å². The van der Waals surface area contributed by atoms with Crippen LogP contribution in [0.15, 0.2) is 40.7 Å². The van der Waals surface area contributed by atoms with Gasteiger partial charge in [0, 0.05) is 11.6 Å². The predicted octanol–water partition coefficient (Wildman–Crippen LogP) is 2.48. The van der Waals surface area contributed by atoms with Gasteiger partial charge in [-0.1, -0.05) is 13.8 Å². The maximum Gasteiger partial charge on any atom is 0.244 e. The van der Waals surface area contributed by atoms with Gasteiger partial charge in [-0.25, -0.2) is 13.4 Å². The molecule has 0 aliphatic carbocycles. The molecule has 0 unspecified atom stereocenters. The summed E-state index contributed by atoms with van der Waals surface area (Å²) in [6, 6.07) is 5.10. The summed E-state index contributed by atoms with van der Waals surface area (Å²) in [7, 11) is -2.33. The Labute approximate surface area is 151 Å². The number of hydrogen-bond acceptors (Lipinski definition) is 6. The third-order valence-electron chi connectivity index (χ3n) is 3.35. The van der Waals surface area contributed by atoms with Crippen molar-refractivity contribution in [1.29, 1.82) is 0 Å². The molecule has 0 bridgehead atoms. The van der Waals surface area contributed by atoms with Gasteiger partial charge in [-0.2, -0.15) is 4.72 Å². The van der Waals surface area contributed by atoms with Crippen LogP contribution in [-0.2, 0) is 14.8 Å². The monoisotopic (exact) mass is 383 g/mol. The van der Waals surface area contributed by atoms with Gasteiger partial charge in [-0.15, -0.1) is 11.3 Å². The van der Waals surface area contributed by atoms with E-state index in [2.05, 4.69) is 15.0 Å². The first-order valence-corrected chi connectivity index (χ1v) is 10.0. The number of aromatic nitrogens is 1. The van der Waals surface area contributed by atoms with Gasteiger partial charge >= 0.3 is 0 Å².